The minimum absolute atomic E-state index is 0.00373. The summed E-state index contributed by atoms with van der Waals surface area (Å²) in [4.78, 5) is 54.4. The van der Waals surface area contributed by atoms with E-state index in [1.807, 2.05) is 18.2 Å². The number of halogens is 1. The Morgan fingerprint density at radius 3 is 2.61 bits per heavy atom. The van der Waals surface area contributed by atoms with Gasteiger partial charge < -0.3 is 25.0 Å². The second kappa shape index (κ2) is 16.6. The molecule has 2 saturated carbocycles. The molecule has 2 aliphatic carbocycles. The van der Waals surface area contributed by atoms with Crippen LogP contribution in [0.4, 0.5) is 10.1 Å². The molecule has 0 radical (unpaired) electrons. The molecule has 4 aliphatic rings. The Bertz CT molecular complexity index is 2130. The number of para-hydroxylation sites is 1. The third-order valence-corrected chi connectivity index (χ3v) is 13.0. The van der Waals surface area contributed by atoms with Gasteiger partial charge in [0, 0.05) is 40.9 Å². The number of nitrogens with one attached hydrogen (secondary N) is 2. The maximum absolute atomic E-state index is 14.7. The van der Waals surface area contributed by atoms with Crippen LogP contribution in [0, 0.1) is 11.7 Å². The lowest BCUT2D eigenvalue weighted by Crippen LogP contribution is -2.55. The van der Waals surface area contributed by atoms with Crippen molar-refractivity contribution in [1.29, 1.82) is 0 Å². The van der Waals surface area contributed by atoms with Crippen LogP contribution in [0.2, 0.25) is 0 Å². The van der Waals surface area contributed by atoms with Gasteiger partial charge in [-0.15, -0.1) is 11.3 Å². The summed E-state index contributed by atoms with van der Waals surface area (Å²) in [5.74, 6) is -1.19. The highest BCUT2D eigenvalue weighted by Gasteiger charge is 2.62. The van der Waals surface area contributed by atoms with Gasteiger partial charge in [0.25, 0.3) is 6.01 Å². The predicted octanol–water partition coefficient (Wildman–Crippen LogP) is 8.32. The van der Waals surface area contributed by atoms with Crippen LogP contribution in [0.5, 0.6) is 6.01 Å². The van der Waals surface area contributed by atoms with E-state index in [1.165, 1.54) is 37.8 Å². The number of carbonyl (C=O) groups is 3. The van der Waals surface area contributed by atoms with E-state index in [2.05, 4.69) is 46.6 Å². The van der Waals surface area contributed by atoms with Crippen LogP contribution in [0.15, 0.2) is 60.0 Å². The lowest BCUT2D eigenvalue weighted by Gasteiger charge is -2.30. The van der Waals surface area contributed by atoms with Crippen molar-refractivity contribution in [2.45, 2.75) is 127 Å². The minimum atomic E-state index is -1.18. The molecule has 57 heavy (non-hydrogen) atoms. The fraction of sp³-hybridized carbons (Fsp3) is 0.523. The van der Waals surface area contributed by atoms with Crippen molar-refractivity contribution in [2.75, 3.05) is 18.5 Å². The van der Waals surface area contributed by atoms with Crippen molar-refractivity contribution < 1.29 is 28.2 Å². The van der Waals surface area contributed by atoms with Gasteiger partial charge in [-0.1, -0.05) is 43.9 Å². The summed E-state index contributed by atoms with van der Waals surface area (Å²) in [7, 11) is 0. The first-order valence-corrected chi connectivity index (χ1v) is 21.6. The number of hydrogen-bond donors (Lipinski definition) is 2. The normalized spacial score (nSPS) is 26.4. The van der Waals surface area contributed by atoms with E-state index in [9.17, 15) is 18.8 Å². The number of imidazole rings is 1. The zero-order valence-corrected chi connectivity index (χ0v) is 33.9. The number of anilines is 1. The molecule has 2 amide bonds. The maximum Gasteiger partial charge on any atom is 0.332 e. The first kappa shape index (κ1) is 39.1. The Kier molecular flexibility index (Phi) is 11.4. The van der Waals surface area contributed by atoms with Gasteiger partial charge >= 0.3 is 5.97 Å². The first-order valence-electron chi connectivity index (χ1n) is 20.8. The fourth-order valence-corrected chi connectivity index (χ4v) is 9.89. The Hall–Kier alpha value is -4.78. The van der Waals surface area contributed by atoms with Gasteiger partial charge in [0.1, 0.15) is 40.1 Å². The maximum atomic E-state index is 14.7. The monoisotopic (exact) mass is 796 g/mol. The van der Waals surface area contributed by atoms with Crippen LogP contribution in [-0.4, -0.2) is 74.1 Å². The van der Waals surface area contributed by atoms with Gasteiger partial charge in [-0.3, -0.25) is 14.2 Å². The lowest BCUT2D eigenvalue weighted by atomic mass is 10.0. The van der Waals surface area contributed by atoms with E-state index < -0.39 is 35.6 Å². The number of benzene rings is 2. The van der Waals surface area contributed by atoms with Crippen molar-refractivity contribution in [3.8, 4) is 16.6 Å². The van der Waals surface area contributed by atoms with E-state index in [4.69, 9.17) is 19.4 Å². The van der Waals surface area contributed by atoms with Gasteiger partial charge in [-0.25, -0.2) is 14.2 Å². The molecule has 0 spiro atoms. The summed E-state index contributed by atoms with van der Waals surface area (Å²) in [5, 5.41) is 9.53. The second-order valence-corrected chi connectivity index (χ2v) is 17.2. The van der Waals surface area contributed by atoms with E-state index in [1.54, 1.807) is 35.3 Å². The van der Waals surface area contributed by atoms with Crippen molar-refractivity contribution >= 4 is 45.8 Å². The molecule has 5 atom stereocenters. The van der Waals surface area contributed by atoms with Crippen LogP contribution in [-0.2, 0) is 19.1 Å². The van der Waals surface area contributed by atoms with Crippen molar-refractivity contribution in [3.05, 3.63) is 71.5 Å². The molecule has 1 saturated heterocycles. The molecular formula is C44H53FN6O5S. The van der Waals surface area contributed by atoms with Gasteiger partial charge in [-0.2, -0.15) is 4.98 Å². The molecule has 13 heteroatoms. The fourth-order valence-electron chi connectivity index (χ4n) is 8.96. The second-order valence-electron chi connectivity index (χ2n) is 16.3. The number of esters is 1. The van der Waals surface area contributed by atoms with Gasteiger partial charge in [0.05, 0.1) is 24.4 Å². The molecule has 8 rings (SSSR count). The first-order chi connectivity index (χ1) is 27.6. The minimum Gasteiger partial charge on any atom is -0.464 e. The predicted molar refractivity (Wildman–Crippen MR) is 219 cm³/mol. The zero-order chi connectivity index (χ0) is 39.7. The van der Waals surface area contributed by atoms with Crippen LogP contribution < -0.4 is 15.4 Å². The smallest absolute Gasteiger partial charge is 0.332 e. The van der Waals surface area contributed by atoms with Gasteiger partial charge in [-0.05, 0) is 95.7 Å². The highest BCUT2D eigenvalue weighted by Crippen LogP contribution is 2.46. The molecule has 11 nitrogen and oxygen atoms in total. The van der Waals surface area contributed by atoms with Crippen LogP contribution >= 0.6 is 11.3 Å². The number of amides is 2. The number of aromatic nitrogens is 3. The average molecular weight is 797 g/mol. The summed E-state index contributed by atoms with van der Waals surface area (Å²) in [5.41, 5.74) is 3.26. The summed E-state index contributed by atoms with van der Waals surface area (Å²) in [6.07, 6.45) is 13.0. The van der Waals surface area contributed by atoms with E-state index in [0.717, 1.165) is 53.0 Å². The molecule has 0 unspecified atom stereocenters. The van der Waals surface area contributed by atoms with Gasteiger partial charge in [0.15, 0.2) is 0 Å². The van der Waals surface area contributed by atoms with Crippen LogP contribution in [0.1, 0.15) is 109 Å². The number of ether oxygens (including phenoxy) is 2. The Morgan fingerprint density at radius 2 is 1.84 bits per heavy atom. The lowest BCUT2D eigenvalue weighted by molar-refractivity contribution is -0.150. The summed E-state index contributed by atoms with van der Waals surface area (Å²) >= 11 is 1.65. The summed E-state index contributed by atoms with van der Waals surface area (Å²) in [6, 6.07) is 10.9. The molecule has 4 aromatic rings. The third kappa shape index (κ3) is 8.04. The number of rotatable bonds is 9. The highest BCUT2D eigenvalue weighted by molar-refractivity contribution is 7.13. The summed E-state index contributed by atoms with van der Waals surface area (Å²) < 4.78 is 28.2. The van der Waals surface area contributed by atoms with Crippen LogP contribution in [0.25, 0.3) is 21.6 Å². The molecule has 4 heterocycles. The number of thiazole rings is 1. The standard InChI is InChI=1S/C44H53FN6O5S/c1-4-55-42(54)44-24-29(44)15-8-6-5-7-9-17-34(46-31-21-19-30(45)20-22-31)41(53)50-25-32(23-37(50)39(52)49-44)56-43-48-38-33(16-12-18-36(38)51(43)27(2)3)40-47-35(26-57-40)28-13-10-11-14-28/h8,12,15-16,18-22,26-29,32,34,37,46H,4-7,9-11,13-14,17,23-25H2,1-3H3,(H,49,52)/b15-8-/t29-,32-,34+,37+,44-/m1/s1. The molecule has 2 aromatic carbocycles. The Labute approximate surface area is 337 Å². The van der Waals surface area contributed by atoms with Gasteiger partial charge in [0.2, 0.25) is 11.8 Å². The number of fused-ring (bicyclic) bond motifs is 3. The molecular weight excluding hydrogens is 744 g/mol. The van der Waals surface area contributed by atoms with E-state index in [0.29, 0.717) is 30.5 Å². The highest BCUT2D eigenvalue weighted by atomic mass is 32.1. The third-order valence-electron chi connectivity index (χ3n) is 12.1. The molecule has 3 fully saturated rings. The SMILES string of the molecule is CCOC(=O)[C@@]12C[C@H]1/C=C\CCCCC[C@H](Nc1ccc(F)cc1)C(=O)N1C[C@H](Oc3nc4c(-c5nc(C6CCCC6)cs5)cccc4n3C(C)C)C[C@H]1C(=O)N2. The van der Waals surface area contributed by atoms with E-state index in [-0.39, 0.29) is 43.3 Å². The van der Waals surface area contributed by atoms with Crippen molar-refractivity contribution in [2.24, 2.45) is 5.92 Å². The summed E-state index contributed by atoms with van der Waals surface area (Å²) in [6.45, 7) is 6.25. The topological polar surface area (TPSA) is 128 Å². The number of allylic oxidation sites excluding steroid dienone is 1. The molecule has 2 aliphatic heterocycles. The molecule has 2 N–H and O–H groups in total. The van der Waals surface area contributed by atoms with Crippen molar-refractivity contribution in [3.63, 3.8) is 0 Å². The largest absolute Gasteiger partial charge is 0.464 e. The number of hydrogen-bond acceptors (Lipinski definition) is 9. The number of nitrogens with zero attached hydrogens (tertiary/aromatic N) is 4. The molecule has 2 aromatic heterocycles. The number of carbonyl (C=O) groups excluding carboxylic acids is 3. The Morgan fingerprint density at radius 1 is 1.05 bits per heavy atom. The average Bonchev–Trinajstić information content (AvgIpc) is 3.80. The Balaban J connectivity index is 1.12. The van der Waals surface area contributed by atoms with Crippen molar-refractivity contribution in [1.82, 2.24) is 24.8 Å². The molecule has 0 bridgehead atoms. The molecule has 302 valence electrons. The zero-order valence-electron chi connectivity index (χ0n) is 33.0. The quantitative estimate of drug-likeness (QED) is 0.128. The van der Waals surface area contributed by atoms with E-state index >= 15 is 0 Å². The van der Waals surface area contributed by atoms with Crippen LogP contribution in [0.3, 0.4) is 0 Å².